The van der Waals surface area contributed by atoms with Gasteiger partial charge in [0.05, 0.1) is 5.69 Å². The number of imidazole rings is 1. The molecule has 0 spiro atoms. The van der Waals surface area contributed by atoms with Gasteiger partial charge in [0.25, 0.3) is 0 Å². The van der Waals surface area contributed by atoms with Crippen molar-refractivity contribution in [2.45, 2.75) is 52.9 Å². The molecular weight excluding hydrogens is 376 g/mol. The molecule has 0 fully saturated rings. The van der Waals surface area contributed by atoms with Crippen molar-refractivity contribution < 1.29 is 0 Å². The Morgan fingerprint density at radius 2 is 1.48 bits per heavy atom. The lowest BCUT2D eigenvalue weighted by atomic mass is 9.79. The lowest BCUT2D eigenvalue weighted by molar-refractivity contribution is 0.507. The fourth-order valence-corrected chi connectivity index (χ4v) is 4.50. The summed E-state index contributed by atoms with van der Waals surface area (Å²) in [5.74, 6) is 1.01. The molecule has 0 radical (unpaired) electrons. The zero-order valence-electron chi connectivity index (χ0n) is 19.3. The van der Waals surface area contributed by atoms with E-state index in [0.717, 1.165) is 18.7 Å². The first-order chi connectivity index (χ1) is 14.9. The van der Waals surface area contributed by atoms with Crippen LogP contribution in [0.15, 0.2) is 79.1 Å². The van der Waals surface area contributed by atoms with E-state index in [-0.39, 0.29) is 5.41 Å². The van der Waals surface area contributed by atoms with Gasteiger partial charge in [0, 0.05) is 18.0 Å². The standard InChI is InChI=1S/C29H32N2/c1-6-29(4,5)26-15-11-10-14-25(26)28-30-16-17-31(28)27-21(2)18-24(19-22(27)3)20-23-12-8-7-9-13-23/h7-19H,6,20H2,1-5H3. The fraction of sp³-hybridized carbons (Fsp3) is 0.276. The van der Waals surface area contributed by atoms with Crippen LogP contribution < -0.4 is 0 Å². The Hall–Kier alpha value is -3.13. The van der Waals surface area contributed by atoms with Gasteiger partial charge in [0.1, 0.15) is 5.82 Å². The minimum atomic E-state index is 0.0942. The summed E-state index contributed by atoms with van der Waals surface area (Å²) in [6.07, 6.45) is 6.04. The molecule has 2 heteroatoms. The van der Waals surface area contributed by atoms with E-state index in [1.165, 1.54) is 39.1 Å². The maximum atomic E-state index is 4.81. The van der Waals surface area contributed by atoms with Gasteiger partial charge >= 0.3 is 0 Å². The van der Waals surface area contributed by atoms with Crippen molar-refractivity contribution >= 4 is 0 Å². The van der Waals surface area contributed by atoms with Gasteiger partial charge < -0.3 is 0 Å². The first kappa shape index (κ1) is 21.1. The highest BCUT2D eigenvalue weighted by molar-refractivity contribution is 5.66. The number of hydrogen-bond donors (Lipinski definition) is 0. The zero-order valence-corrected chi connectivity index (χ0v) is 19.3. The van der Waals surface area contributed by atoms with E-state index < -0.39 is 0 Å². The van der Waals surface area contributed by atoms with Crippen LogP contribution in [0.4, 0.5) is 0 Å². The Kier molecular flexibility index (Phi) is 5.82. The van der Waals surface area contributed by atoms with Crippen molar-refractivity contribution in [1.82, 2.24) is 9.55 Å². The molecule has 0 saturated carbocycles. The van der Waals surface area contributed by atoms with Gasteiger partial charge in [-0.3, -0.25) is 4.57 Å². The molecular formula is C29H32N2. The zero-order chi connectivity index (χ0) is 22.0. The van der Waals surface area contributed by atoms with Gasteiger partial charge in [-0.25, -0.2) is 4.98 Å². The molecule has 0 amide bonds. The highest BCUT2D eigenvalue weighted by Crippen LogP contribution is 2.36. The average molecular weight is 409 g/mol. The van der Waals surface area contributed by atoms with Crippen LogP contribution in [0.25, 0.3) is 17.1 Å². The third-order valence-electron chi connectivity index (χ3n) is 6.46. The van der Waals surface area contributed by atoms with Crippen LogP contribution in [0.2, 0.25) is 0 Å². The van der Waals surface area contributed by atoms with Crippen molar-refractivity contribution in [2.24, 2.45) is 0 Å². The van der Waals surface area contributed by atoms with E-state index in [4.69, 9.17) is 4.98 Å². The molecule has 0 saturated heterocycles. The van der Waals surface area contributed by atoms with Crippen LogP contribution in [-0.2, 0) is 11.8 Å². The predicted octanol–water partition coefficient (Wildman–Crippen LogP) is 7.43. The molecule has 0 atom stereocenters. The fourth-order valence-electron chi connectivity index (χ4n) is 4.50. The highest BCUT2D eigenvalue weighted by atomic mass is 15.1. The van der Waals surface area contributed by atoms with Crippen LogP contribution >= 0.6 is 0 Å². The van der Waals surface area contributed by atoms with Gasteiger partial charge in [0.15, 0.2) is 0 Å². The molecule has 3 aromatic carbocycles. The van der Waals surface area contributed by atoms with E-state index in [0.29, 0.717) is 0 Å². The Balaban J connectivity index is 1.78. The predicted molar refractivity (Wildman–Crippen MR) is 131 cm³/mol. The van der Waals surface area contributed by atoms with Crippen molar-refractivity contribution in [1.29, 1.82) is 0 Å². The second-order valence-electron chi connectivity index (χ2n) is 9.14. The smallest absolute Gasteiger partial charge is 0.144 e. The lowest BCUT2D eigenvalue weighted by Crippen LogP contribution is -2.17. The number of nitrogens with zero attached hydrogens (tertiary/aromatic N) is 2. The molecule has 0 aliphatic heterocycles. The second-order valence-corrected chi connectivity index (χ2v) is 9.14. The summed E-state index contributed by atoms with van der Waals surface area (Å²) < 4.78 is 2.27. The maximum Gasteiger partial charge on any atom is 0.144 e. The Morgan fingerprint density at radius 1 is 0.839 bits per heavy atom. The maximum absolute atomic E-state index is 4.81. The van der Waals surface area contributed by atoms with Crippen LogP contribution in [0.5, 0.6) is 0 Å². The average Bonchev–Trinajstić information content (AvgIpc) is 3.23. The molecule has 1 heterocycles. The number of hydrogen-bond acceptors (Lipinski definition) is 1. The molecule has 0 bridgehead atoms. The van der Waals surface area contributed by atoms with Crippen molar-refractivity contribution in [3.05, 3.63) is 107 Å². The summed E-state index contributed by atoms with van der Waals surface area (Å²) in [4.78, 5) is 4.81. The second kappa shape index (κ2) is 8.55. The number of aromatic nitrogens is 2. The molecule has 4 rings (SSSR count). The minimum absolute atomic E-state index is 0.0942. The number of aryl methyl sites for hydroxylation is 2. The molecule has 0 aliphatic rings. The topological polar surface area (TPSA) is 17.8 Å². The Morgan fingerprint density at radius 3 is 2.16 bits per heavy atom. The van der Waals surface area contributed by atoms with Crippen LogP contribution in [-0.4, -0.2) is 9.55 Å². The van der Waals surface area contributed by atoms with Crippen LogP contribution in [0, 0.1) is 13.8 Å². The summed E-state index contributed by atoms with van der Waals surface area (Å²) in [6, 6.07) is 24.0. The Bertz CT molecular complexity index is 1160. The Labute approximate surface area is 186 Å². The van der Waals surface area contributed by atoms with E-state index in [1.54, 1.807) is 0 Å². The molecule has 0 N–H and O–H groups in total. The third kappa shape index (κ3) is 4.20. The largest absolute Gasteiger partial charge is 0.299 e. The van der Waals surface area contributed by atoms with Gasteiger partial charge in [0.2, 0.25) is 0 Å². The van der Waals surface area contributed by atoms with Crippen molar-refractivity contribution in [2.75, 3.05) is 0 Å². The molecule has 2 nitrogen and oxygen atoms in total. The molecule has 1 aromatic heterocycles. The van der Waals surface area contributed by atoms with Gasteiger partial charge in [-0.15, -0.1) is 0 Å². The van der Waals surface area contributed by atoms with Gasteiger partial charge in [-0.2, -0.15) is 0 Å². The van der Waals surface area contributed by atoms with Crippen LogP contribution in [0.1, 0.15) is 55.0 Å². The van der Waals surface area contributed by atoms with Crippen LogP contribution in [0.3, 0.4) is 0 Å². The quantitative estimate of drug-likeness (QED) is 0.324. The highest BCUT2D eigenvalue weighted by Gasteiger charge is 2.24. The summed E-state index contributed by atoms with van der Waals surface area (Å²) in [5, 5.41) is 0. The monoisotopic (exact) mass is 408 g/mol. The third-order valence-corrected chi connectivity index (χ3v) is 6.46. The molecule has 0 unspecified atom stereocenters. The summed E-state index contributed by atoms with van der Waals surface area (Å²) >= 11 is 0. The summed E-state index contributed by atoms with van der Waals surface area (Å²) in [6.45, 7) is 11.3. The van der Waals surface area contributed by atoms with E-state index in [9.17, 15) is 0 Å². The normalized spacial score (nSPS) is 11.6. The molecule has 158 valence electrons. The summed E-state index contributed by atoms with van der Waals surface area (Å²) in [7, 11) is 0. The first-order valence-electron chi connectivity index (χ1n) is 11.2. The molecule has 0 aliphatic carbocycles. The number of rotatable bonds is 6. The van der Waals surface area contributed by atoms with Gasteiger partial charge in [-0.05, 0) is 59.9 Å². The van der Waals surface area contributed by atoms with Crippen molar-refractivity contribution in [3.8, 4) is 17.1 Å². The van der Waals surface area contributed by atoms with E-state index in [1.807, 2.05) is 6.20 Å². The summed E-state index contributed by atoms with van der Waals surface area (Å²) in [5.41, 5.74) is 9.12. The van der Waals surface area contributed by atoms with Gasteiger partial charge in [-0.1, -0.05) is 87.5 Å². The SMILES string of the molecule is CCC(C)(C)c1ccccc1-c1nccn1-c1c(C)cc(Cc2ccccc2)cc1C. The lowest BCUT2D eigenvalue weighted by Gasteiger charge is -2.26. The number of benzene rings is 3. The van der Waals surface area contributed by atoms with E-state index in [2.05, 4.69) is 112 Å². The van der Waals surface area contributed by atoms with E-state index >= 15 is 0 Å². The van der Waals surface area contributed by atoms with Crippen molar-refractivity contribution in [3.63, 3.8) is 0 Å². The first-order valence-corrected chi connectivity index (χ1v) is 11.2. The molecule has 31 heavy (non-hydrogen) atoms. The molecule has 4 aromatic rings. The minimum Gasteiger partial charge on any atom is -0.299 e.